The lowest BCUT2D eigenvalue weighted by Crippen LogP contribution is -2.29. The molecule has 1 unspecified atom stereocenters. The van der Waals surface area contributed by atoms with Crippen LogP contribution in [0.3, 0.4) is 0 Å². The molecule has 2 aromatic rings. The SMILES string of the molecule is CCNc1cccnc1S(=O)(=O)NC(C)c1nn[nH]n1. The highest BCUT2D eigenvalue weighted by atomic mass is 32.2. The van der Waals surface area contributed by atoms with Crippen molar-refractivity contribution < 1.29 is 8.42 Å². The fourth-order valence-electron chi connectivity index (χ4n) is 1.62. The zero-order valence-corrected chi connectivity index (χ0v) is 11.8. The topological polar surface area (TPSA) is 126 Å². The highest BCUT2D eigenvalue weighted by Crippen LogP contribution is 2.19. The summed E-state index contributed by atoms with van der Waals surface area (Å²) in [5, 5.41) is 16.1. The molecule has 1 atom stereocenters. The molecule has 2 rings (SSSR count). The Hall–Kier alpha value is -2.07. The van der Waals surface area contributed by atoms with Crippen LogP contribution in [0.1, 0.15) is 25.7 Å². The number of aromatic nitrogens is 5. The number of nitrogens with one attached hydrogen (secondary N) is 3. The maximum Gasteiger partial charge on any atom is 0.260 e. The van der Waals surface area contributed by atoms with Crippen molar-refractivity contribution in [3.05, 3.63) is 24.2 Å². The average Bonchev–Trinajstić information content (AvgIpc) is 2.93. The summed E-state index contributed by atoms with van der Waals surface area (Å²) >= 11 is 0. The van der Waals surface area contributed by atoms with Crippen LogP contribution in [-0.4, -0.2) is 40.6 Å². The van der Waals surface area contributed by atoms with Crippen molar-refractivity contribution in [2.45, 2.75) is 24.9 Å². The van der Waals surface area contributed by atoms with Gasteiger partial charge in [-0.05, 0) is 26.0 Å². The zero-order valence-electron chi connectivity index (χ0n) is 11.0. The van der Waals surface area contributed by atoms with Gasteiger partial charge in [0, 0.05) is 12.7 Å². The van der Waals surface area contributed by atoms with E-state index < -0.39 is 16.1 Å². The molecule has 108 valence electrons. The van der Waals surface area contributed by atoms with Gasteiger partial charge in [-0.2, -0.15) is 9.94 Å². The van der Waals surface area contributed by atoms with E-state index in [2.05, 4.69) is 35.6 Å². The third kappa shape index (κ3) is 3.08. The lowest BCUT2D eigenvalue weighted by Gasteiger charge is -2.13. The van der Waals surface area contributed by atoms with Gasteiger partial charge in [-0.1, -0.05) is 5.21 Å². The molecule has 0 aromatic carbocycles. The van der Waals surface area contributed by atoms with Gasteiger partial charge in [0.15, 0.2) is 10.9 Å². The van der Waals surface area contributed by atoms with E-state index >= 15 is 0 Å². The minimum atomic E-state index is -3.78. The molecule has 2 aromatic heterocycles. The second-order valence-electron chi connectivity index (χ2n) is 4.00. The Kier molecular flexibility index (Phi) is 4.25. The Bertz CT molecular complexity index is 656. The van der Waals surface area contributed by atoms with Crippen LogP contribution in [0.2, 0.25) is 0 Å². The maximum absolute atomic E-state index is 12.3. The Morgan fingerprint density at radius 3 is 2.90 bits per heavy atom. The molecule has 0 spiro atoms. The van der Waals surface area contributed by atoms with Crippen LogP contribution in [0, 0.1) is 0 Å². The summed E-state index contributed by atoms with van der Waals surface area (Å²) in [5.74, 6) is 0.259. The van der Waals surface area contributed by atoms with E-state index in [1.54, 1.807) is 19.1 Å². The average molecular weight is 297 g/mol. The third-order valence-electron chi connectivity index (χ3n) is 2.47. The second kappa shape index (κ2) is 5.92. The molecule has 9 nitrogen and oxygen atoms in total. The molecule has 0 saturated carbocycles. The smallest absolute Gasteiger partial charge is 0.260 e. The van der Waals surface area contributed by atoms with Crippen LogP contribution in [-0.2, 0) is 10.0 Å². The lowest BCUT2D eigenvalue weighted by molar-refractivity contribution is 0.556. The van der Waals surface area contributed by atoms with Crippen molar-refractivity contribution >= 4 is 15.7 Å². The van der Waals surface area contributed by atoms with Crippen molar-refractivity contribution in [2.75, 3.05) is 11.9 Å². The molecular weight excluding hydrogens is 282 g/mol. The Morgan fingerprint density at radius 2 is 2.25 bits per heavy atom. The molecule has 2 heterocycles. The molecule has 0 aliphatic carbocycles. The molecule has 0 aliphatic heterocycles. The summed E-state index contributed by atoms with van der Waals surface area (Å²) in [6.07, 6.45) is 1.43. The molecule has 0 saturated heterocycles. The number of pyridine rings is 1. The van der Waals surface area contributed by atoms with Crippen molar-refractivity contribution in [3.63, 3.8) is 0 Å². The molecular formula is C10H15N7O2S. The zero-order chi connectivity index (χ0) is 14.6. The van der Waals surface area contributed by atoms with Crippen LogP contribution in [0.5, 0.6) is 0 Å². The monoisotopic (exact) mass is 297 g/mol. The first kappa shape index (κ1) is 14.3. The number of rotatable bonds is 6. The van der Waals surface area contributed by atoms with E-state index in [0.717, 1.165) is 0 Å². The lowest BCUT2D eigenvalue weighted by atomic mass is 10.4. The summed E-state index contributed by atoms with van der Waals surface area (Å²) in [6, 6.07) is 2.71. The van der Waals surface area contributed by atoms with Gasteiger partial charge in [0.25, 0.3) is 10.0 Å². The van der Waals surface area contributed by atoms with Crippen LogP contribution in [0.4, 0.5) is 5.69 Å². The Labute approximate surface area is 116 Å². The molecule has 0 amide bonds. The first-order chi connectivity index (χ1) is 9.54. The first-order valence-electron chi connectivity index (χ1n) is 5.99. The number of anilines is 1. The Morgan fingerprint density at radius 1 is 1.45 bits per heavy atom. The molecule has 3 N–H and O–H groups in total. The van der Waals surface area contributed by atoms with Gasteiger partial charge in [-0.25, -0.2) is 13.4 Å². The van der Waals surface area contributed by atoms with E-state index in [9.17, 15) is 8.42 Å². The van der Waals surface area contributed by atoms with Crippen LogP contribution in [0.15, 0.2) is 23.4 Å². The molecule has 0 radical (unpaired) electrons. The fourth-order valence-corrected chi connectivity index (χ4v) is 2.94. The summed E-state index contributed by atoms with van der Waals surface area (Å²) in [4.78, 5) is 3.93. The summed E-state index contributed by atoms with van der Waals surface area (Å²) in [7, 11) is -3.78. The van der Waals surface area contributed by atoms with E-state index in [-0.39, 0.29) is 10.9 Å². The van der Waals surface area contributed by atoms with E-state index in [0.29, 0.717) is 12.2 Å². The van der Waals surface area contributed by atoms with Gasteiger partial charge in [-0.15, -0.1) is 10.2 Å². The first-order valence-corrected chi connectivity index (χ1v) is 7.47. The normalized spacial score (nSPS) is 13.1. The van der Waals surface area contributed by atoms with Gasteiger partial charge in [0.1, 0.15) is 0 Å². The second-order valence-corrected chi connectivity index (χ2v) is 5.63. The summed E-state index contributed by atoms with van der Waals surface area (Å²) < 4.78 is 27.1. The predicted molar refractivity (Wildman–Crippen MR) is 71.3 cm³/mol. The number of nitrogens with zero attached hydrogens (tertiary/aromatic N) is 4. The fraction of sp³-hybridized carbons (Fsp3) is 0.400. The van der Waals surface area contributed by atoms with Crippen LogP contribution >= 0.6 is 0 Å². The minimum Gasteiger partial charge on any atom is -0.383 e. The van der Waals surface area contributed by atoms with Crippen molar-refractivity contribution in [3.8, 4) is 0 Å². The van der Waals surface area contributed by atoms with Crippen molar-refractivity contribution in [2.24, 2.45) is 0 Å². The molecule has 10 heteroatoms. The van der Waals surface area contributed by atoms with Gasteiger partial charge < -0.3 is 5.32 Å². The largest absolute Gasteiger partial charge is 0.383 e. The standard InChI is InChI=1S/C10H15N7O2S/c1-3-11-8-5-4-6-12-10(8)20(18,19)15-7(2)9-13-16-17-14-9/h4-7,11,15H,3H2,1-2H3,(H,13,14,16,17). The predicted octanol–water partition coefficient (Wildman–Crippen LogP) is 0.0660. The van der Waals surface area contributed by atoms with Crippen LogP contribution < -0.4 is 10.0 Å². The highest BCUT2D eigenvalue weighted by molar-refractivity contribution is 7.89. The van der Waals surface area contributed by atoms with E-state index in [4.69, 9.17) is 0 Å². The highest BCUT2D eigenvalue weighted by Gasteiger charge is 2.24. The number of hydrogen-bond acceptors (Lipinski definition) is 7. The summed E-state index contributed by atoms with van der Waals surface area (Å²) in [6.45, 7) is 4.09. The van der Waals surface area contributed by atoms with E-state index in [1.807, 2.05) is 6.92 Å². The number of aromatic amines is 1. The van der Waals surface area contributed by atoms with Crippen molar-refractivity contribution in [1.82, 2.24) is 30.3 Å². The minimum absolute atomic E-state index is 0.0582. The third-order valence-corrected chi connectivity index (χ3v) is 3.97. The number of hydrogen-bond donors (Lipinski definition) is 3. The number of tetrazole rings is 1. The molecule has 0 aliphatic rings. The van der Waals surface area contributed by atoms with Crippen molar-refractivity contribution in [1.29, 1.82) is 0 Å². The number of sulfonamides is 1. The summed E-state index contributed by atoms with van der Waals surface area (Å²) in [5.41, 5.74) is 0.447. The van der Waals surface area contributed by atoms with Crippen LogP contribution in [0.25, 0.3) is 0 Å². The van der Waals surface area contributed by atoms with Gasteiger partial charge in [0.05, 0.1) is 11.7 Å². The Balaban J connectivity index is 2.27. The van der Waals surface area contributed by atoms with E-state index in [1.165, 1.54) is 6.20 Å². The van der Waals surface area contributed by atoms with Gasteiger partial charge in [-0.3, -0.25) is 0 Å². The van der Waals surface area contributed by atoms with Gasteiger partial charge in [0.2, 0.25) is 0 Å². The maximum atomic E-state index is 12.3. The number of H-pyrrole nitrogens is 1. The molecule has 0 bridgehead atoms. The van der Waals surface area contributed by atoms with Gasteiger partial charge >= 0.3 is 0 Å². The molecule has 20 heavy (non-hydrogen) atoms. The molecule has 0 fully saturated rings. The quantitative estimate of drug-likeness (QED) is 0.688.